The first-order chi connectivity index (χ1) is 15.1. The van der Waals surface area contributed by atoms with Crippen LogP contribution >= 0.6 is 23.2 Å². The fraction of sp³-hybridized carbons (Fsp3) is 0.375. The summed E-state index contributed by atoms with van der Waals surface area (Å²) in [7, 11) is 0. The monoisotopic (exact) mass is 458 g/mol. The maximum absolute atomic E-state index is 13.2. The molecule has 2 atom stereocenters. The molecule has 7 heteroatoms. The number of hydrogen-bond acceptors (Lipinski definition) is 3. The quantitative estimate of drug-likeness (QED) is 0.485. The van der Waals surface area contributed by atoms with Crippen molar-refractivity contribution in [2.75, 3.05) is 31.1 Å². The summed E-state index contributed by atoms with van der Waals surface area (Å²) in [6.45, 7) is 4.10. The van der Waals surface area contributed by atoms with Crippen molar-refractivity contribution in [3.63, 3.8) is 0 Å². The van der Waals surface area contributed by atoms with Crippen LogP contribution in [-0.2, 0) is 0 Å². The highest BCUT2D eigenvalue weighted by atomic mass is 35.5. The van der Waals surface area contributed by atoms with Gasteiger partial charge in [0.1, 0.15) is 5.82 Å². The fourth-order valence-electron chi connectivity index (χ4n) is 4.85. The van der Waals surface area contributed by atoms with Gasteiger partial charge < -0.3 is 4.90 Å². The Labute approximate surface area is 192 Å². The van der Waals surface area contributed by atoms with E-state index in [0.29, 0.717) is 22.1 Å². The van der Waals surface area contributed by atoms with Crippen LogP contribution in [0.15, 0.2) is 54.7 Å². The zero-order chi connectivity index (χ0) is 21.4. The predicted molar refractivity (Wildman–Crippen MR) is 125 cm³/mol. The van der Waals surface area contributed by atoms with Gasteiger partial charge in [0, 0.05) is 49.7 Å². The number of halogens is 3. The van der Waals surface area contributed by atoms with Crippen molar-refractivity contribution in [3.8, 4) is 11.3 Å². The first kappa shape index (κ1) is 20.8. The van der Waals surface area contributed by atoms with Crippen LogP contribution in [0.2, 0.25) is 10.0 Å². The van der Waals surface area contributed by atoms with Crippen LogP contribution in [0.5, 0.6) is 0 Å². The summed E-state index contributed by atoms with van der Waals surface area (Å²) in [5, 5.41) is 5.99. The molecule has 2 aliphatic rings. The second-order valence-electron chi connectivity index (χ2n) is 8.43. The molecule has 5 rings (SSSR count). The van der Waals surface area contributed by atoms with Crippen LogP contribution in [0, 0.1) is 5.82 Å². The summed E-state index contributed by atoms with van der Waals surface area (Å²) in [6, 6.07) is 15.5. The predicted octanol–water partition coefficient (Wildman–Crippen LogP) is 5.91. The topological polar surface area (TPSA) is 24.3 Å². The molecular weight excluding hydrogens is 434 g/mol. The van der Waals surface area contributed by atoms with Gasteiger partial charge in [0.25, 0.3) is 0 Å². The summed E-state index contributed by atoms with van der Waals surface area (Å²) < 4.78 is 15.3. The Bertz CT molecular complexity index is 1040. The SMILES string of the molecule is Fc1ccc(-c2ccn([C@H]3CC[C@H](N4CCN(c5ccc(Cl)c(Cl)c5)CC4)C3)n2)cc1. The Morgan fingerprint density at radius 3 is 2.32 bits per heavy atom. The number of benzene rings is 2. The van der Waals surface area contributed by atoms with Gasteiger partial charge in [-0.3, -0.25) is 9.58 Å². The highest BCUT2D eigenvalue weighted by Crippen LogP contribution is 2.35. The number of nitrogens with zero attached hydrogens (tertiary/aromatic N) is 4. The number of anilines is 1. The molecule has 1 saturated carbocycles. The largest absolute Gasteiger partial charge is 0.369 e. The molecule has 1 aromatic heterocycles. The van der Waals surface area contributed by atoms with E-state index in [9.17, 15) is 4.39 Å². The molecule has 2 heterocycles. The number of aromatic nitrogens is 2. The molecule has 1 aliphatic carbocycles. The van der Waals surface area contributed by atoms with Crippen LogP contribution in [0.4, 0.5) is 10.1 Å². The van der Waals surface area contributed by atoms with E-state index < -0.39 is 0 Å². The summed E-state index contributed by atoms with van der Waals surface area (Å²) in [5.74, 6) is -0.221. The highest BCUT2D eigenvalue weighted by molar-refractivity contribution is 6.42. The zero-order valence-corrected chi connectivity index (χ0v) is 18.7. The molecule has 3 aromatic rings. The summed E-state index contributed by atoms with van der Waals surface area (Å²) in [5.41, 5.74) is 3.00. The fourth-order valence-corrected chi connectivity index (χ4v) is 5.14. The van der Waals surface area contributed by atoms with Gasteiger partial charge in [0.2, 0.25) is 0 Å². The molecule has 2 aromatic carbocycles. The minimum absolute atomic E-state index is 0.221. The molecule has 1 aliphatic heterocycles. The van der Waals surface area contributed by atoms with E-state index in [0.717, 1.165) is 56.0 Å². The lowest BCUT2D eigenvalue weighted by molar-refractivity contribution is 0.183. The van der Waals surface area contributed by atoms with Crippen molar-refractivity contribution in [1.82, 2.24) is 14.7 Å². The van der Waals surface area contributed by atoms with Gasteiger partial charge >= 0.3 is 0 Å². The lowest BCUT2D eigenvalue weighted by Gasteiger charge is -2.39. The van der Waals surface area contributed by atoms with Gasteiger partial charge in [-0.25, -0.2) is 4.39 Å². The van der Waals surface area contributed by atoms with Gasteiger partial charge in [-0.15, -0.1) is 0 Å². The minimum atomic E-state index is -0.221. The Morgan fingerprint density at radius 1 is 0.839 bits per heavy atom. The third kappa shape index (κ3) is 4.45. The number of piperazine rings is 1. The number of rotatable bonds is 4. The third-order valence-corrected chi connectivity index (χ3v) is 7.34. The zero-order valence-electron chi connectivity index (χ0n) is 17.2. The van der Waals surface area contributed by atoms with Crippen molar-refractivity contribution < 1.29 is 4.39 Å². The molecule has 1 saturated heterocycles. The molecule has 0 spiro atoms. The second kappa shape index (κ2) is 8.81. The first-order valence-corrected chi connectivity index (χ1v) is 11.6. The standard InChI is InChI=1S/C24H25Cl2FN4/c25-22-8-7-20(16-23(22)26)30-13-11-29(12-14-30)19-5-6-21(15-19)31-10-9-24(28-31)17-1-3-18(27)4-2-17/h1-4,7-10,16,19,21H,5-6,11-15H2/t19-,21-/m0/s1. The Hall–Kier alpha value is -2.08. The molecule has 0 amide bonds. The average Bonchev–Trinajstić information content (AvgIpc) is 3.46. The summed E-state index contributed by atoms with van der Waals surface area (Å²) in [4.78, 5) is 5.01. The van der Waals surface area contributed by atoms with Crippen LogP contribution in [0.1, 0.15) is 25.3 Å². The van der Waals surface area contributed by atoms with E-state index in [4.69, 9.17) is 28.3 Å². The lowest BCUT2D eigenvalue weighted by Crippen LogP contribution is -2.49. The van der Waals surface area contributed by atoms with Gasteiger partial charge in [0.15, 0.2) is 0 Å². The van der Waals surface area contributed by atoms with Gasteiger partial charge in [-0.1, -0.05) is 23.2 Å². The van der Waals surface area contributed by atoms with Crippen LogP contribution in [0.25, 0.3) is 11.3 Å². The van der Waals surface area contributed by atoms with E-state index >= 15 is 0 Å². The van der Waals surface area contributed by atoms with E-state index in [1.54, 1.807) is 12.1 Å². The van der Waals surface area contributed by atoms with Crippen LogP contribution in [-0.4, -0.2) is 46.9 Å². The van der Waals surface area contributed by atoms with E-state index in [1.807, 2.05) is 24.3 Å². The van der Waals surface area contributed by atoms with Gasteiger partial charge in [-0.05, 0) is 67.8 Å². The maximum atomic E-state index is 13.2. The van der Waals surface area contributed by atoms with Crippen LogP contribution < -0.4 is 4.90 Å². The smallest absolute Gasteiger partial charge is 0.123 e. The van der Waals surface area contributed by atoms with E-state index in [2.05, 4.69) is 20.7 Å². The van der Waals surface area contributed by atoms with Crippen molar-refractivity contribution in [3.05, 3.63) is 70.6 Å². The van der Waals surface area contributed by atoms with Crippen molar-refractivity contribution in [2.45, 2.75) is 31.3 Å². The molecule has 0 radical (unpaired) electrons. The highest BCUT2D eigenvalue weighted by Gasteiger charge is 2.32. The summed E-state index contributed by atoms with van der Waals surface area (Å²) >= 11 is 12.2. The van der Waals surface area contributed by atoms with E-state index in [1.165, 1.54) is 18.6 Å². The molecule has 162 valence electrons. The molecule has 0 bridgehead atoms. The molecule has 31 heavy (non-hydrogen) atoms. The molecule has 0 unspecified atom stereocenters. The molecule has 0 N–H and O–H groups in total. The molecule has 4 nitrogen and oxygen atoms in total. The average molecular weight is 459 g/mol. The lowest BCUT2D eigenvalue weighted by atomic mass is 10.1. The Morgan fingerprint density at radius 2 is 1.58 bits per heavy atom. The number of hydrogen-bond donors (Lipinski definition) is 0. The first-order valence-electron chi connectivity index (χ1n) is 10.8. The van der Waals surface area contributed by atoms with Crippen molar-refractivity contribution >= 4 is 28.9 Å². The van der Waals surface area contributed by atoms with E-state index in [-0.39, 0.29) is 5.82 Å². The third-order valence-electron chi connectivity index (χ3n) is 6.60. The Kier molecular flexibility index (Phi) is 5.91. The normalized spacial score (nSPS) is 22.2. The van der Waals surface area contributed by atoms with Crippen molar-refractivity contribution in [1.29, 1.82) is 0 Å². The molecule has 2 fully saturated rings. The maximum Gasteiger partial charge on any atom is 0.123 e. The van der Waals surface area contributed by atoms with Crippen LogP contribution in [0.3, 0.4) is 0 Å². The Balaban J connectivity index is 1.18. The van der Waals surface area contributed by atoms with Crippen molar-refractivity contribution in [2.24, 2.45) is 0 Å². The minimum Gasteiger partial charge on any atom is -0.369 e. The van der Waals surface area contributed by atoms with Gasteiger partial charge in [-0.2, -0.15) is 5.10 Å². The summed E-state index contributed by atoms with van der Waals surface area (Å²) in [6.07, 6.45) is 5.52. The second-order valence-corrected chi connectivity index (χ2v) is 9.24. The van der Waals surface area contributed by atoms with Gasteiger partial charge in [0.05, 0.1) is 21.8 Å². The molecular formula is C24H25Cl2FN4.